The molecule has 2 aromatic carbocycles. The van der Waals surface area contributed by atoms with Gasteiger partial charge in [0.1, 0.15) is 0 Å². The van der Waals surface area contributed by atoms with E-state index in [0.717, 1.165) is 11.4 Å². The summed E-state index contributed by atoms with van der Waals surface area (Å²) in [6, 6.07) is 17.0. The highest BCUT2D eigenvalue weighted by molar-refractivity contribution is 6.06. The minimum Gasteiger partial charge on any atom is -0.310 e. The minimum atomic E-state index is 0.199. The Morgan fingerprint density at radius 1 is 0.833 bits per heavy atom. The van der Waals surface area contributed by atoms with Crippen molar-refractivity contribution in [2.75, 3.05) is 9.80 Å². The molecule has 0 spiro atoms. The standard InChI is InChI=1S/C21H29N3/c1-15(2)23(19-12-9-10-17(5)14-19)21(22)24(16(3)4)20-13-8-7-11-18(20)6/h7-16,22H,1-6H3. The average Bonchev–Trinajstić information content (AvgIpc) is 2.49. The van der Waals surface area contributed by atoms with Crippen molar-refractivity contribution in [3.8, 4) is 0 Å². The molecule has 0 saturated heterocycles. The molecule has 0 atom stereocenters. The van der Waals surface area contributed by atoms with Crippen LogP contribution < -0.4 is 9.80 Å². The predicted molar refractivity (Wildman–Crippen MR) is 105 cm³/mol. The van der Waals surface area contributed by atoms with Gasteiger partial charge in [-0.15, -0.1) is 0 Å². The number of benzene rings is 2. The normalized spacial score (nSPS) is 11.0. The van der Waals surface area contributed by atoms with Gasteiger partial charge in [0.15, 0.2) is 0 Å². The van der Waals surface area contributed by atoms with Gasteiger partial charge in [0.05, 0.1) is 0 Å². The first kappa shape index (κ1) is 18.1. The smallest absolute Gasteiger partial charge is 0.203 e. The van der Waals surface area contributed by atoms with Crippen LogP contribution in [0, 0.1) is 19.3 Å². The van der Waals surface area contributed by atoms with E-state index < -0.39 is 0 Å². The zero-order valence-electron chi connectivity index (χ0n) is 15.7. The molecule has 0 radical (unpaired) electrons. The largest absolute Gasteiger partial charge is 0.310 e. The fraction of sp³-hybridized carbons (Fsp3) is 0.381. The number of guanidine groups is 1. The van der Waals surface area contributed by atoms with Crippen LogP contribution in [0.5, 0.6) is 0 Å². The van der Waals surface area contributed by atoms with Gasteiger partial charge in [0, 0.05) is 23.5 Å². The van der Waals surface area contributed by atoms with Crippen molar-refractivity contribution in [1.82, 2.24) is 0 Å². The molecular weight excluding hydrogens is 294 g/mol. The van der Waals surface area contributed by atoms with Gasteiger partial charge in [-0.1, -0.05) is 30.3 Å². The number of hydrogen-bond donors (Lipinski definition) is 1. The maximum absolute atomic E-state index is 8.96. The van der Waals surface area contributed by atoms with Crippen molar-refractivity contribution >= 4 is 17.3 Å². The molecule has 0 amide bonds. The molecule has 0 aliphatic heterocycles. The molecule has 0 saturated carbocycles. The first-order valence-corrected chi connectivity index (χ1v) is 8.62. The fourth-order valence-corrected chi connectivity index (χ4v) is 3.03. The summed E-state index contributed by atoms with van der Waals surface area (Å²) in [5.41, 5.74) is 4.55. The van der Waals surface area contributed by atoms with Crippen molar-refractivity contribution in [3.63, 3.8) is 0 Å². The number of aryl methyl sites for hydroxylation is 2. The Balaban J connectivity index is 2.49. The summed E-state index contributed by atoms with van der Waals surface area (Å²) < 4.78 is 0. The van der Waals surface area contributed by atoms with E-state index >= 15 is 0 Å². The van der Waals surface area contributed by atoms with Gasteiger partial charge < -0.3 is 9.80 Å². The van der Waals surface area contributed by atoms with Crippen molar-refractivity contribution in [2.45, 2.75) is 53.6 Å². The van der Waals surface area contributed by atoms with E-state index in [-0.39, 0.29) is 12.1 Å². The molecular formula is C21H29N3. The second-order valence-electron chi connectivity index (χ2n) is 6.88. The van der Waals surface area contributed by atoms with Gasteiger partial charge in [-0.3, -0.25) is 5.41 Å². The highest BCUT2D eigenvalue weighted by atomic mass is 15.4. The zero-order valence-corrected chi connectivity index (χ0v) is 15.7. The van der Waals surface area contributed by atoms with Gasteiger partial charge >= 0.3 is 0 Å². The van der Waals surface area contributed by atoms with Crippen LogP contribution in [0.15, 0.2) is 48.5 Å². The van der Waals surface area contributed by atoms with Crippen LogP contribution in [-0.4, -0.2) is 18.0 Å². The van der Waals surface area contributed by atoms with Crippen LogP contribution >= 0.6 is 0 Å². The number of rotatable bonds is 4. The Kier molecular flexibility index (Phi) is 5.66. The average molecular weight is 323 g/mol. The lowest BCUT2D eigenvalue weighted by atomic mass is 10.1. The molecule has 2 aromatic rings. The minimum absolute atomic E-state index is 0.199. The van der Waals surface area contributed by atoms with Crippen LogP contribution in [0.25, 0.3) is 0 Å². The summed E-state index contributed by atoms with van der Waals surface area (Å²) in [5.74, 6) is 0.514. The fourth-order valence-electron chi connectivity index (χ4n) is 3.03. The van der Waals surface area contributed by atoms with E-state index in [1.807, 2.05) is 12.1 Å². The highest BCUT2D eigenvalue weighted by Crippen LogP contribution is 2.26. The molecule has 0 aromatic heterocycles. The van der Waals surface area contributed by atoms with E-state index in [4.69, 9.17) is 5.41 Å². The van der Waals surface area contributed by atoms with Crippen LogP contribution in [0.2, 0.25) is 0 Å². The van der Waals surface area contributed by atoms with Gasteiger partial charge in [0.25, 0.3) is 0 Å². The number of para-hydroxylation sites is 1. The lowest BCUT2D eigenvalue weighted by molar-refractivity contribution is 0.745. The van der Waals surface area contributed by atoms with Crippen molar-refractivity contribution < 1.29 is 0 Å². The number of anilines is 2. The van der Waals surface area contributed by atoms with Crippen molar-refractivity contribution in [3.05, 3.63) is 59.7 Å². The molecule has 0 unspecified atom stereocenters. The molecule has 0 bridgehead atoms. The topological polar surface area (TPSA) is 30.3 Å². The molecule has 1 N–H and O–H groups in total. The van der Waals surface area contributed by atoms with E-state index in [1.54, 1.807) is 0 Å². The van der Waals surface area contributed by atoms with Gasteiger partial charge in [-0.2, -0.15) is 0 Å². The van der Waals surface area contributed by atoms with Gasteiger partial charge in [-0.25, -0.2) is 0 Å². The summed E-state index contributed by atoms with van der Waals surface area (Å²) >= 11 is 0. The zero-order chi connectivity index (χ0) is 17.9. The van der Waals surface area contributed by atoms with Gasteiger partial charge in [-0.05, 0) is 70.9 Å². The van der Waals surface area contributed by atoms with Crippen molar-refractivity contribution in [2.24, 2.45) is 0 Å². The molecule has 0 fully saturated rings. The highest BCUT2D eigenvalue weighted by Gasteiger charge is 2.25. The molecule has 0 aliphatic carbocycles. The Bertz CT molecular complexity index is 704. The molecule has 2 rings (SSSR count). The molecule has 0 aliphatic rings. The van der Waals surface area contributed by atoms with Crippen LogP contribution in [-0.2, 0) is 0 Å². The molecule has 24 heavy (non-hydrogen) atoms. The van der Waals surface area contributed by atoms with Crippen molar-refractivity contribution in [1.29, 1.82) is 5.41 Å². The van der Waals surface area contributed by atoms with Gasteiger partial charge in [0.2, 0.25) is 5.96 Å². The molecule has 3 heteroatoms. The molecule has 0 heterocycles. The summed E-state index contributed by atoms with van der Waals surface area (Å²) in [6.07, 6.45) is 0. The number of nitrogens with one attached hydrogen (secondary N) is 1. The monoisotopic (exact) mass is 323 g/mol. The molecule has 128 valence electrons. The third-order valence-electron chi connectivity index (χ3n) is 4.14. The number of nitrogens with zero attached hydrogens (tertiary/aromatic N) is 2. The van der Waals surface area contributed by atoms with E-state index in [1.165, 1.54) is 11.1 Å². The first-order chi connectivity index (χ1) is 11.3. The Labute approximate surface area is 146 Å². The molecule has 3 nitrogen and oxygen atoms in total. The summed E-state index contributed by atoms with van der Waals surface area (Å²) in [7, 11) is 0. The third-order valence-corrected chi connectivity index (χ3v) is 4.14. The first-order valence-electron chi connectivity index (χ1n) is 8.62. The summed E-state index contributed by atoms with van der Waals surface area (Å²) in [4.78, 5) is 4.21. The second kappa shape index (κ2) is 7.52. The van der Waals surface area contributed by atoms with Crippen LogP contribution in [0.1, 0.15) is 38.8 Å². The quantitative estimate of drug-likeness (QED) is 0.606. The lowest BCUT2D eigenvalue weighted by Gasteiger charge is -2.39. The maximum atomic E-state index is 8.96. The Morgan fingerprint density at radius 3 is 2.00 bits per heavy atom. The third kappa shape index (κ3) is 3.78. The van der Waals surface area contributed by atoms with E-state index in [9.17, 15) is 0 Å². The summed E-state index contributed by atoms with van der Waals surface area (Å²) in [5, 5.41) is 8.96. The van der Waals surface area contributed by atoms with Crippen LogP contribution in [0.3, 0.4) is 0 Å². The Morgan fingerprint density at radius 2 is 1.46 bits per heavy atom. The number of hydrogen-bond acceptors (Lipinski definition) is 1. The second-order valence-corrected chi connectivity index (χ2v) is 6.88. The van der Waals surface area contributed by atoms with Crippen LogP contribution in [0.4, 0.5) is 11.4 Å². The lowest BCUT2D eigenvalue weighted by Crippen LogP contribution is -2.50. The SMILES string of the molecule is Cc1cccc(N(C(=N)N(c2ccccc2C)C(C)C)C(C)C)c1. The summed E-state index contributed by atoms with van der Waals surface area (Å²) in [6.45, 7) is 12.7. The Hall–Kier alpha value is -2.29. The maximum Gasteiger partial charge on any atom is 0.203 e. The van der Waals surface area contributed by atoms with E-state index in [0.29, 0.717) is 5.96 Å². The van der Waals surface area contributed by atoms with E-state index in [2.05, 4.69) is 87.7 Å². The predicted octanol–water partition coefficient (Wildman–Crippen LogP) is 5.37.